The molecule has 0 aliphatic carbocycles. The Hall–Kier alpha value is -1.95. The van der Waals surface area contributed by atoms with Crippen LogP contribution in [0.3, 0.4) is 0 Å². The topological polar surface area (TPSA) is 43.0 Å². The van der Waals surface area contributed by atoms with Gasteiger partial charge in [-0.1, -0.05) is 24.3 Å². The molecule has 1 heterocycles. The summed E-state index contributed by atoms with van der Waals surface area (Å²) >= 11 is 0. The number of nitrogens with one attached hydrogen (secondary N) is 1. The van der Waals surface area contributed by atoms with Gasteiger partial charge in [-0.2, -0.15) is 0 Å². The predicted octanol–water partition coefficient (Wildman–Crippen LogP) is 4.06. The Morgan fingerprint density at radius 3 is 2.50 bits per heavy atom. The fraction of sp³-hybridized carbons (Fsp3) is 0.455. The van der Waals surface area contributed by atoms with Gasteiger partial charge in [0, 0.05) is 31.7 Å². The second-order valence-electron chi connectivity index (χ2n) is 7.08. The molecule has 0 radical (unpaired) electrons. The Morgan fingerprint density at radius 2 is 1.79 bits per heavy atom. The molecule has 28 heavy (non-hydrogen) atoms. The monoisotopic (exact) mass is 406 g/mol. The molecular formula is C22H31ClN2O3. The fourth-order valence-corrected chi connectivity index (χ4v) is 3.58. The highest BCUT2D eigenvalue weighted by Gasteiger charge is 2.26. The van der Waals surface area contributed by atoms with E-state index in [1.807, 2.05) is 32.0 Å². The minimum absolute atomic E-state index is 0. The van der Waals surface area contributed by atoms with Crippen LogP contribution in [-0.2, 0) is 6.54 Å². The Kier molecular flexibility index (Phi) is 8.42. The molecular weight excluding hydrogens is 376 g/mol. The molecule has 0 aromatic heterocycles. The number of halogens is 1. The van der Waals surface area contributed by atoms with Gasteiger partial charge in [0.25, 0.3) is 0 Å². The van der Waals surface area contributed by atoms with Crippen LogP contribution in [0.2, 0.25) is 0 Å². The van der Waals surface area contributed by atoms with Crippen molar-refractivity contribution in [1.29, 1.82) is 0 Å². The third-order valence-electron chi connectivity index (χ3n) is 4.83. The Labute approximate surface area is 174 Å². The van der Waals surface area contributed by atoms with Crippen LogP contribution in [0.1, 0.15) is 31.0 Å². The average Bonchev–Trinajstić information content (AvgIpc) is 2.69. The molecule has 5 nitrogen and oxygen atoms in total. The summed E-state index contributed by atoms with van der Waals surface area (Å²) in [6, 6.07) is 14.8. The fourth-order valence-electron chi connectivity index (χ4n) is 3.58. The lowest BCUT2D eigenvalue weighted by atomic mass is 10.0. The van der Waals surface area contributed by atoms with E-state index in [0.29, 0.717) is 0 Å². The first-order valence-electron chi connectivity index (χ1n) is 9.53. The Bertz CT molecular complexity index is 754. The number of para-hydroxylation sites is 1. The van der Waals surface area contributed by atoms with Crippen molar-refractivity contribution in [3.05, 3.63) is 53.6 Å². The van der Waals surface area contributed by atoms with Crippen LogP contribution in [0, 0.1) is 0 Å². The number of hydrogen-bond donors (Lipinski definition) is 1. The number of ether oxygens (including phenoxy) is 3. The number of piperazine rings is 1. The number of methoxy groups -OCH3 is 2. The van der Waals surface area contributed by atoms with E-state index in [-0.39, 0.29) is 24.6 Å². The summed E-state index contributed by atoms with van der Waals surface area (Å²) in [5.41, 5.74) is 2.43. The molecule has 0 spiro atoms. The van der Waals surface area contributed by atoms with E-state index in [0.717, 1.165) is 43.4 Å². The quantitative estimate of drug-likeness (QED) is 0.751. The molecule has 0 amide bonds. The molecule has 6 heteroatoms. The molecule has 1 N–H and O–H groups in total. The second kappa shape index (κ2) is 10.6. The molecule has 1 unspecified atom stereocenters. The summed E-state index contributed by atoms with van der Waals surface area (Å²) < 4.78 is 17.0. The van der Waals surface area contributed by atoms with Crippen LogP contribution in [-0.4, -0.2) is 44.9 Å². The van der Waals surface area contributed by atoms with Gasteiger partial charge < -0.3 is 19.5 Å². The zero-order valence-electron chi connectivity index (χ0n) is 17.1. The summed E-state index contributed by atoms with van der Waals surface area (Å²) in [5, 5.41) is 3.51. The van der Waals surface area contributed by atoms with Gasteiger partial charge in [0.05, 0.1) is 26.4 Å². The third kappa shape index (κ3) is 5.31. The molecule has 1 atom stereocenters. The van der Waals surface area contributed by atoms with Crippen molar-refractivity contribution in [1.82, 2.24) is 10.2 Å². The molecule has 3 rings (SSSR count). The lowest BCUT2D eigenvalue weighted by molar-refractivity contribution is 0.150. The maximum Gasteiger partial charge on any atom is 0.161 e. The van der Waals surface area contributed by atoms with Gasteiger partial charge >= 0.3 is 0 Å². The van der Waals surface area contributed by atoms with E-state index in [4.69, 9.17) is 14.2 Å². The lowest BCUT2D eigenvalue weighted by Gasteiger charge is -2.37. The van der Waals surface area contributed by atoms with Gasteiger partial charge in [-0.05, 0) is 37.6 Å². The van der Waals surface area contributed by atoms with Gasteiger partial charge in [-0.25, -0.2) is 0 Å². The van der Waals surface area contributed by atoms with E-state index < -0.39 is 0 Å². The zero-order chi connectivity index (χ0) is 19.2. The minimum atomic E-state index is 0. The Balaban J connectivity index is 0.00000280. The van der Waals surface area contributed by atoms with Crippen molar-refractivity contribution < 1.29 is 14.2 Å². The van der Waals surface area contributed by atoms with E-state index >= 15 is 0 Å². The van der Waals surface area contributed by atoms with Crippen LogP contribution in [0.4, 0.5) is 0 Å². The molecule has 1 aliphatic heterocycles. The van der Waals surface area contributed by atoms with Gasteiger partial charge in [0.1, 0.15) is 5.75 Å². The number of rotatable bonds is 7. The second-order valence-corrected chi connectivity index (χ2v) is 7.08. The molecule has 1 fully saturated rings. The standard InChI is InChI=1S/C22H30N2O3.ClH/c1-16(2)27-21-10-9-17(13-22(21)26-4)15-24-12-11-23-14-19(24)18-7-5-6-8-20(18)25-3;/h5-10,13,16,19,23H,11-12,14-15H2,1-4H3;1H. The number of nitrogens with zero attached hydrogens (tertiary/aromatic N) is 1. The van der Waals surface area contributed by atoms with Crippen molar-refractivity contribution in [3.8, 4) is 17.2 Å². The van der Waals surface area contributed by atoms with Crippen LogP contribution in [0.25, 0.3) is 0 Å². The van der Waals surface area contributed by atoms with E-state index in [2.05, 4.69) is 34.5 Å². The summed E-state index contributed by atoms with van der Waals surface area (Å²) in [5.74, 6) is 2.51. The van der Waals surface area contributed by atoms with Crippen molar-refractivity contribution in [2.45, 2.75) is 32.5 Å². The number of benzene rings is 2. The van der Waals surface area contributed by atoms with E-state index in [9.17, 15) is 0 Å². The van der Waals surface area contributed by atoms with Crippen LogP contribution < -0.4 is 19.5 Å². The first kappa shape index (κ1) is 22.3. The molecule has 0 bridgehead atoms. The molecule has 2 aromatic carbocycles. The highest BCUT2D eigenvalue weighted by molar-refractivity contribution is 5.85. The van der Waals surface area contributed by atoms with Crippen LogP contribution >= 0.6 is 12.4 Å². The van der Waals surface area contributed by atoms with Crippen molar-refractivity contribution in [2.24, 2.45) is 0 Å². The smallest absolute Gasteiger partial charge is 0.161 e. The lowest BCUT2D eigenvalue weighted by Crippen LogP contribution is -2.45. The SMILES string of the molecule is COc1cc(CN2CCNCC2c2ccccc2OC)ccc1OC(C)C.Cl. The van der Waals surface area contributed by atoms with E-state index in [1.54, 1.807) is 14.2 Å². The first-order chi connectivity index (χ1) is 13.1. The van der Waals surface area contributed by atoms with Gasteiger partial charge in [-0.3, -0.25) is 4.90 Å². The molecule has 0 saturated carbocycles. The van der Waals surface area contributed by atoms with E-state index in [1.165, 1.54) is 11.1 Å². The summed E-state index contributed by atoms with van der Waals surface area (Å²) in [7, 11) is 3.42. The summed E-state index contributed by atoms with van der Waals surface area (Å²) in [6.45, 7) is 7.76. The molecule has 154 valence electrons. The van der Waals surface area contributed by atoms with Gasteiger partial charge in [0.2, 0.25) is 0 Å². The van der Waals surface area contributed by atoms with Crippen molar-refractivity contribution in [3.63, 3.8) is 0 Å². The highest BCUT2D eigenvalue weighted by Crippen LogP contribution is 2.33. The average molecular weight is 407 g/mol. The summed E-state index contributed by atoms with van der Waals surface area (Å²) in [4.78, 5) is 2.49. The predicted molar refractivity (Wildman–Crippen MR) is 115 cm³/mol. The third-order valence-corrected chi connectivity index (χ3v) is 4.83. The maximum atomic E-state index is 5.84. The Morgan fingerprint density at radius 1 is 1.04 bits per heavy atom. The van der Waals surface area contributed by atoms with Crippen LogP contribution in [0.5, 0.6) is 17.2 Å². The van der Waals surface area contributed by atoms with Gasteiger partial charge in [-0.15, -0.1) is 12.4 Å². The molecule has 1 aliphatic rings. The first-order valence-corrected chi connectivity index (χ1v) is 9.53. The number of hydrogen-bond acceptors (Lipinski definition) is 5. The largest absolute Gasteiger partial charge is 0.496 e. The maximum absolute atomic E-state index is 5.84. The molecule has 1 saturated heterocycles. The minimum Gasteiger partial charge on any atom is -0.496 e. The van der Waals surface area contributed by atoms with Crippen molar-refractivity contribution >= 4 is 12.4 Å². The van der Waals surface area contributed by atoms with Crippen molar-refractivity contribution in [2.75, 3.05) is 33.9 Å². The highest BCUT2D eigenvalue weighted by atomic mass is 35.5. The zero-order valence-corrected chi connectivity index (χ0v) is 17.9. The molecule has 2 aromatic rings. The summed E-state index contributed by atoms with van der Waals surface area (Å²) in [6.07, 6.45) is 0.118. The van der Waals surface area contributed by atoms with Gasteiger partial charge in [0.15, 0.2) is 11.5 Å². The normalized spacial score (nSPS) is 17.1. The van der Waals surface area contributed by atoms with Crippen LogP contribution in [0.15, 0.2) is 42.5 Å².